The minimum Gasteiger partial charge on any atom is -0.493 e. The van der Waals surface area contributed by atoms with E-state index in [1.165, 1.54) is 37.5 Å². The molecule has 1 aliphatic heterocycles. The van der Waals surface area contributed by atoms with Crippen LogP contribution in [0, 0.1) is 13.7 Å². The molecule has 0 saturated heterocycles. The molecule has 0 saturated carbocycles. The summed E-state index contributed by atoms with van der Waals surface area (Å²) < 4.78 is 16.7. The van der Waals surface area contributed by atoms with Crippen LogP contribution in [0.3, 0.4) is 0 Å². The smallest absolute Gasteiger partial charge is 0.363 e. The molecule has 3 aromatic rings. The molecule has 176 valence electrons. The lowest BCUT2D eigenvalue weighted by Gasteiger charge is -2.13. The van der Waals surface area contributed by atoms with Crippen LogP contribution >= 0.6 is 34.2 Å². The summed E-state index contributed by atoms with van der Waals surface area (Å²) in [5, 5.41) is 11.1. The Kier molecular flexibility index (Phi) is 7.12. The Morgan fingerprint density at radius 3 is 2.54 bits per heavy atom. The van der Waals surface area contributed by atoms with E-state index in [0.29, 0.717) is 14.7 Å². The van der Waals surface area contributed by atoms with E-state index in [9.17, 15) is 19.7 Å². The number of nitro groups is 1. The van der Waals surface area contributed by atoms with Gasteiger partial charge in [0.2, 0.25) is 5.90 Å². The van der Waals surface area contributed by atoms with Crippen molar-refractivity contribution in [3.8, 4) is 11.5 Å². The zero-order valence-corrected chi connectivity index (χ0v) is 20.8. The van der Waals surface area contributed by atoms with Crippen LogP contribution in [-0.4, -0.2) is 29.9 Å². The lowest BCUT2D eigenvalue weighted by atomic mass is 10.1. The van der Waals surface area contributed by atoms with Gasteiger partial charge in [-0.15, -0.1) is 0 Å². The van der Waals surface area contributed by atoms with Crippen LogP contribution in [0.4, 0.5) is 5.69 Å². The molecule has 0 aliphatic carbocycles. The number of carbonyl (C=O) groups is 2. The van der Waals surface area contributed by atoms with Gasteiger partial charge in [-0.3, -0.25) is 10.1 Å². The molecule has 11 heteroatoms. The summed E-state index contributed by atoms with van der Waals surface area (Å²) in [6.45, 7) is 0. The Hall–Kier alpha value is -3.77. The fourth-order valence-electron chi connectivity index (χ4n) is 3.11. The highest BCUT2D eigenvalue weighted by Crippen LogP contribution is 2.36. The van der Waals surface area contributed by atoms with Crippen LogP contribution in [0.1, 0.15) is 21.5 Å². The van der Waals surface area contributed by atoms with Gasteiger partial charge in [0, 0.05) is 17.7 Å². The van der Waals surface area contributed by atoms with Crippen LogP contribution in [0.15, 0.2) is 71.4 Å². The number of nitro benzene ring substituents is 1. The molecule has 0 radical (unpaired) electrons. The van der Waals surface area contributed by atoms with E-state index >= 15 is 0 Å². The summed E-state index contributed by atoms with van der Waals surface area (Å²) in [7, 11) is 1.42. The number of carbonyl (C=O) groups excluding carboxylic acids is 2. The van der Waals surface area contributed by atoms with Crippen molar-refractivity contribution in [2.24, 2.45) is 4.99 Å². The van der Waals surface area contributed by atoms with Crippen molar-refractivity contribution in [1.82, 2.24) is 0 Å². The number of hydrogen-bond donors (Lipinski definition) is 0. The molecule has 35 heavy (non-hydrogen) atoms. The standard InChI is InChI=1S/C24H14ClIN2O7/c1-33-20-12-13(10-18(26)21(20)34-23(29)16-4-2-3-5-17(16)25)11-19-24(30)35-22(27-19)14-6-8-15(9-7-14)28(31)32/h2-12H,1H3/b19-11-. The Morgan fingerprint density at radius 2 is 1.89 bits per heavy atom. The predicted octanol–water partition coefficient (Wildman–Crippen LogP) is 5.43. The Bertz CT molecular complexity index is 1420. The molecule has 1 heterocycles. The van der Waals surface area contributed by atoms with Gasteiger partial charge in [-0.25, -0.2) is 14.6 Å². The molecule has 9 nitrogen and oxygen atoms in total. The van der Waals surface area contributed by atoms with Crippen molar-refractivity contribution in [3.63, 3.8) is 0 Å². The third-order valence-corrected chi connectivity index (χ3v) is 5.92. The number of esters is 2. The van der Waals surface area contributed by atoms with E-state index in [1.807, 2.05) is 22.6 Å². The number of methoxy groups -OCH3 is 1. The van der Waals surface area contributed by atoms with Gasteiger partial charge in [0.25, 0.3) is 5.69 Å². The monoisotopic (exact) mass is 604 g/mol. The second-order valence-electron chi connectivity index (χ2n) is 7.04. The summed E-state index contributed by atoms with van der Waals surface area (Å²) in [5.41, 5.74) is 1.11. The molecule has 1 aliphatic rings. The molecule has 0 bridgehead atoms. The van der Waals surface area contributed by atoms with E-state index in [1.54, 1.807) is 36.4 Å². The van der Waals surface area contributed by atoms with Crippen molar-refractivity contribution in [1.29, 1.82) is 0 Å². The summed E-state index contributed by atoms with van der Waals surface area (Å²) in [4.78, 5) is 39.5. The Morgan fingerprint density at radius 1 is 1.17 bits per heavy atom. The average molecular weight is 605 g/mol. The minimum absolute atomic E-state index is 0.0250. The van der Waals surface area contributed by atoms with Gasteiger partial charge < -0.3 is 14.2 Å². The Balaban J connectivity index is 1.61. The first kappa shape index (κ1) is 24.4. The lowest BCUT2D eigenvalue weighted by Crippen LogP contribution is -2.11. The number of rotatable bonds is 6. The quantitative estimate of drug-likeness (QED) is 0.0920. The maximum absolute atomic E-state index is 12.6. The molecule has 0 fully saturated rings. The maximum atomic E-state index is 12.6. The third-order valence-electron chi connectivity index (χ3n) is 4.79. The van der Waals surface area contributed by atoms with Gasteiger partial charge in [0.05, 0.1) is 26.2 Å². The van der Waals surface area contributed by atoms with E-state index in [4.69, 9.17) is 25.8 Å². The van der Waals surface area contributed by atoms with Crippen LogP contribution in [-0.2, 0) is 9.53 Å². The number of cyclic esters (lactones) is 1. The van der Waals surface area contributed by atoms with Gasteiger partial charge >= 0.3 is 11.9 Å². The summed E-state index contributed by atoms with van der Waals surface area (Å²) >= 11 is 8.07. The average Bonchev–Trinajstić information content (AvgIpc) is 3.20. The molecule has 0 spiro atoms. The SMILES string of the molecule is COc1cc(/C=C2\N=C(c3ccc([N+](=O)[O-])cc3)OC2=O)cc(I)c1OC(=O)c1ccccc1Cl. The first-order valence-corrected chi connectivity index (χ1v) is 11.3. The van der Waals surface area contributed by atoms with Gasteiger partial charge in [0.15, 0.2) is 17.2 Å². The Labute approximate surface area is 217 Å². The number of hydrogen-bond acceptors (Lipinski definition) is 8. The van der Waals surface area contributed by atoms with E-state index in [0.717, 1.165) is 0 Å². The van der Waals surface area contributed by atoms with Crippen molar-refractivity contribution < 1.29 is 28.7 Å². The predicted molar refractivity (Wildman–Crippen MR) is 136 cm³/mol. The summed E-state index contributed by atoms with van der Waals surface area (Å²) in [6.07, 6.45) is 1.49. The lowest BCUT2D eigenvalue weighted by molar-refractivity contribution is -0.384. The van der Waals surface area contributed by atoms with Crippen LogP contribution in [0.2, 0.25) is 5.02 Å². The summed E-state index contributed by atoms with van der Waals surface area (Å²) in [5.74, 6) is -0.835. The molecular formula is C24H14ClIN2O7. The third kappa shape index (κ3) is 5.33. The molecule has 0 unspecified atom stereocenters. The molecule has 0 amide bonds. The highest BCUT2D eigenvalue weighted by atomic mass is 127. The molecule has 0 N–H and O–H groups in total. The summed E-state index contributed by atoms with van der Waals surface area (Å²) in [6, 6.07) is 15.3. The first-order chi connectivity index (χ1) is 16.8. The van der Waals surface area contributed by atoms with Gasteiger partial charge in [-0.05, 0) is 70.6 Å². The second-order valence-corrected chi connectivity index (χ2v) is 8.61. The van der Waals surface area contributed by atoms with Crippen molar-refractivity contribution in [3.05, 3.63) is 102 Å². The fraction of sp³-hybridized carbons (Fsp3) is 0.0417. The normalized spacial score (nSPS) is 13.9. The van der Waals surface area contributed by atoms with Gasteiger partial charge in [-0.1, -0.05) is 23.7 Å². The minimum atomic E-state index is -0.679. The van der Waals surface area contributed by atoms with Crippen LogP contribution in [0.25, 0.3) is 6.08 Å². The van der Waals surface area contributed by atoms with Crippen molar-refractivity contribution in [2.45, 2.75) is 0 Å². The number of non-ortho nitro benzene ring substituents is 1. The van der Waals surface area contributed by atoms with E-state index in [-0.39, 0.29) is 39.4 Å². The molecule has 4 rings (SSSR count). The number of benzene rings is 3. The number of nitrogens with zero attached hydrogens (tertiary/aromatic N) is 2. The van der Waals surface area contributed by atoms with E-state index < -0.39 is 16.9 Å². The molecule has 0 aromatic heterocycles. The number of ether oxygens (including phenoxy) is 3. The fourth-order valence-corrected chi connectivity index (χ4v) is 4.06. The van der Waals surface area contributed by atoms with Crippen molar-refractivity contribution >= 4 is 63.8 Å². The van der Waals surface area contributed by atoms with E-state index in [2.05, 4.69) is 4.99 Å². The maximum Gasteiger partial charge on any atom is 0.363 e. The van der Waals surface area contributed by atoms with Crippen LogP contribution < -0.4 is 9.47 Å². The highest BCUT2D eigenvalue weighted by molar-refractivity contribution is 14.1. The number of aliphatic imine (C=N–C) groups is 1. The topological polar surface area (TPSA) is 117 Å². The zero-order chi connectivity index (χ0) is 25.1. The van der Waals surface area contributed by atoms with Gasteiger partial charge in [0.1, 0.15) is 0 Å². The first-order valence-electron chi connectivity index (χ1n) is 9.88. The molecule has 3 aromatic carbocycles. The largest absolute Gasteiger partial charge is 0.493 e. The number of halogens is 2. The highest BCUT2D eigenvalue weighted by Gasteiger charge is 2.25. The van der Waals surface area contributed by atoms with Crippen molar-refractivity contribution in [2.75, 3.05) is 7.11 Å². The molecular weight excluding hydrogens is 591 g/mol. The second kappa shape index (κ2) is 10.2. The zero-order valence-electron chi connectivity index (χ0n) is 17.9. The molecule has 0 atom stereocenters. The van der Waals surface area contributed by atoms with Gasteiger partial charge in [-0.2, -0.15) is 0 Å². The van der Waals surface area contributed by atoms with Crippen LogP contribution in [0.5, 0.6) is 11.5 Å².